The van der Waals surface area contributed by atoms with Crippen molar-refractivity contribution < 1.29 is 14.0 Å². The van der Waals surface area contributed by atoms with Gasteiger partial charge in [0.05, 0.1) is 11.3 Å². The van der Waals surface area contributed by atoms with Gasteiger partial charge in [0.15, 0.2) is 5.76 Å². The van der Waals surface area contributed by atoms with Crippen molar-refractivity contribution in [3.63, 3.8) is 0 Å². The number of aryl methyl sites for hydroxylation is 1. The fourth-order valence-corrected chi connectivity index (χ4v) is 4.39. The zero-order valence-corrected chi connectivity index (χ0v) is 18.8. The van der Waals surface area contributed by atoms with Gasteiger partial charge in [0.2, 0.25) is 11.0 Å². The fraction of sp³-hybridized carbons (Fsp3) is 0.261. The van der Waals surface area contributed by atoms with E-state index in [-0.39, 0.29) is 17.7 Å². The maximum Gasteiger partial charge on any atom is 0.257 e. The molecule has 3 aromatic heterocycles. The standard InChI is InChI=1S/C23H22N6O3S/c1-15-7-8-19(32-15)20-18(13-29(27-20)17-5-3-2-4-6-17)22(31)28-11-9-16(10-12-28)21(30)25-23-26-24-14-33-23/h2-8,13-14,16H,9-12H2,1H3,(H,25,26,30). The summed E-state index contributed by atoms with van der Waals surface area (Å²) in [4.78, 5) is 27.8. The molecule has 0 spiro atoms. The van der Waals surface area contributed by atoms with E-state index in [1.54, 1.807) is 21.3 Å². The number of nitrogens with one attached hydrogen (secondary N) is 1. The van der Waals surface area contributed by atoms with Crippen molar-refractivity contribution in [3.8, 4) is 17.1 Å². The first-order valence-electron chi connectivity index (χ1n) is 10.7. The number of aromatic nitrogens is 4. The van der Waals surface area contributed by atoms with Crippen LogP contribution in [0, 0.1) is 12.8 Å². The number of hydrogen-bond acceptors (Lipinski definition) is 7. The van der Waals surface area contributed by atoms with E-state index in [0.717, 1.165) is 11.4 Å². The highest BCUT2D eigenvalue weighted by Gasteiger charge is 2.31. The molecule has 1 fully saturated rings. The number of carbonyl (C=O) groups is 2. The number of hydrogen-bond donors (Lipinski definition) is 1. The lowest BCUT2D eigenvalue weighted by Gasteiger charge is -2.31. The van der Waals surface area contributed by atoms with Crippen LogP contribution in [0.4, 0.5) is 5.13 Å². The van der Waals surface area contributed by atoms with Crippen LogP contribution in [0.2, 0.25) is 0 Å². The maximum absolute atomic E-state index is 13.5. The van der Waals surface area contributed by atoms with Crippen molar-refractivity contribution >= 4 is 28.3 Å². The minimum absolute atomic E-state index is 0.0810. The normalized spacial score (nSPS) is 14.4. The van der Waals surface area contributed by atoms with Gasteiger partial charge in [-0.25, -0.2) is 4.68 Å². The Morgan fingerprint density at radius 1 is 1.12 bits per heavy atom. The van der Waals surface area contributed by atoms with Crippen LogP contribution >= 0.6 is 11.3 Å². The molecule has 4 heterocycles. The smallest absolute Gasteiger partial charge is 0.257 e. The molecular weight excluding hydrogens is 440 g/mol. The number of piperidine rings is 1. The summed E-state index contributed by atoms with van der Waals surface area (Å²) in [6, 6.07) is 13.3. The van der Waals surface area contributed by atoms with Crippen molar-refractivity contribution in [1.82, 2.24) is 24.9 Å². The molecular formula is C23H22N6O3S. The molecule has 0 aliphatic carbocycles. The largest absolute Gasteiger partial charge is 0.460 e. The zero-order valence-electron chi connectivity index (χ0n) is 18.0. The monoisotopic (exact) mass is 462 g/mol. The second-order valence-corrected chi connectivity index (χ2v) is 8.71. The first-order chi connectivity index (χ1) is 16.1. The lowest BCUT2D eigenvalue weighted by atomic mass is 9.95. The summed E-state index contributed by atoms with van der Waals surface area (Å²) in [6.07, 6.45) is 2.91. The predicted molar refractivity (Wildman–Crippen MR) is 123 cm³/mol. The third kappa shape index (κ3) is 4.42. The number of rotatable bonds is 5. The Morgan fingerprint density at radius 2 is 1.91 bits per heavy atom. The number of nitrogens with zero attached hydrogens (tertiary/aromatic N) is 5. The van der Waals surface area contributed by atoms with Gasteiger partial charge in [0.25, 0.3) is 5.91 Å². The van der Waals surface area contributed by atoms with Crippen LogP contribution in [0.5, 0.6) is 0 Å². The summed E-state index contributed by atoms with van der Waals surface area (Å²) >= 11 is 1.28. The fourth-order valence-electron chi connectivity index (χ4n) is 3.94. The summed E-state index contributed by atoms with van der Waals surface area (Å²) in [6.45, 7) is 2.83. The molecule has 2 amide bonds. The third-order valence-corrected chi connectivity index (χ3v) is 6.29. The van der Waals surface area contributed by atoms with E-state index in [1.165, 1.54) is 11.3 Å². The number of furan rings is 1. The van der Waals surface area contributed by atoms with Gasteiger partial charge in [-0.3, -0.25) is 9.59 Å². The minimum atomic E-state index is -0.169. The second-order valence-electron chi connectivity index (χ2n) is 7.88. The van der Waals surface area contributed by atoms with E-state index < -0.39 is 0 Å². The molecule has 168 valence electrons. The molecule has 0 radical (unpaired) electrons. The average molecular weight is 463 g/mol. The minimum Gasteiger partial charge on any atom is -0.460 e. The molecule has 1 aliphatic rings. The maximum atomic E-state index is 13.5. The molecule has 10 heteroatoms. The molecule has 4 aromatic rings. The van der Waals surface area contributed by atoms with Crippen LogP contribution in [0.25, 0.3) is 17.1 Å². The van der Waals surface area contributed by atoms with Crippen molar-refractivity contribution in [2.75, 3.05) is 18.4 Å². The van der Waals surface area contributed by atoms with Crippen LogP contribution < -0.4 is 5.32 Å². The van der Waals surface area contributed by atoms with E-state index in [1.807, 2.05) is 49.4 Å². The Morgan fingerprint density at radius 3 is 2.58 bits per heavy atom. The third-order valence-electron chi connectivity index (χ3n) is 5.68. The Hall–Kier alpha value is -3.79. The Labute approximate surface area is 194 Å². The van der Waals surface area contributed by atoms with Crippen molar-refractivity contribution in [1.29, 1.82) is 0 Å². The number of benzene rings is 1. The first-order valence-corrected chi connectivity index (χ1v) is 11.5. The van der Waals surface area contributed by atoms with Gasteiger partial charge in [-0.05, 0) is 44.0 Å². The van der Waals surface area contributed by atoms with Crippen LogP contribution in [0.15, 0.2) is 58.6 Å². The zero-order chi connectivity index (χ0) is 22.8. The molecule has 1 aliphatic heterocycles. The average Bonchev–Trinajstić information content (AvgIpc) is 3.60. The highest BCUT2D eigenvalue weighted by molar-refractivity contribution is 7.13. The van der Waals surface area contributed by atoms with Gasteiger partial charge in [-0.2, -0.15) is 5.10 Å². The molecule has 5 rings (SSSR count). The summed E-state index contributed by atoms with van der Waals surface area (Å²) < 4.78 is 7.48. The summed E-state index contributed by atoms with van der Waals surface area (Å²) in [7, 11) is 0. The van der Waals surface area contributed by atoms with Gasteiger partial charge in [-0.1, -0.05) is 29.5 Å². The van der Waals surface area contributed by atoms with E-state index in [0.29, 0.717) is 48.1 Å². The second kappa shape index (κ2) is 8.99. The Bertz CT molecular complexity index is 1260. The quantitative estimate of drug-likeness (QED) is 0.484. The first kappa shape index (κ1) is 21.1. The molecule has 0 bridgehead atoms. The lowest BCUT2D eigenvalue weighted by molar-refractivity contribution is -0.121. The predicted octanol–water partition coefficient (Wildman–Crippen LogP) is 3.78. The molecule has 33 heavy (non-hydrogen) atoms. The number of likely N-dealkylation sites (tertiary alicyclic amines) is 1. The number of para-hydroxylation sites is 1. The van der Waals surface area contributed by atoms with Gasteiger partial charge in [0, 0.05) is 25.2 Å². The highest BCUT2D eigenvalue weighted by Crippen LogP contribution is 2.28. The molecule has 1 aromatic carbocycles. The Balaban J connectivity index is 1.35. The van der Waals surface area contributed by atoms with E-state index in [2.05, 4.69) is 20.6 Å². The molecule has 9 nitrogen and oxygen atoms in total. The van der Waals surface area contributed by atoms with Gasteiger partial charge >= 0.3 is 0 Å². The van der Waals surface area contributed by atoms with Crippen LogP contribution in [-0.2, 0) is 4.79 Å². The Kier molecular flexibility index (Phi) is 5.74. The molecule has 0 saturated carbocycles. The van der Waals surface area contributed by atoms with Crippen molar-refractivity contribution in [2.24, 2.45) is 5.92 Å². The van der Waals surface area contributed by atoms with Crippen molar-refractivity contribution in [3.05, 3.63) is 65.5 Å². The molecule has 1 N–H and O–H groups in total. The summed E-state index contributed by atoms with van der Waals surface area (Å²) in [5.74, 6) is 0.931. The summed E-state index contributed by atoms with van der Waals surface area (Å²) in [5, 5.41) is 15.5. The number of carbonyl (C=O) groups excluding carboxylic acids is 2. The SMILES string of the molecule is Cc1ccc(-c2nn(-c3ccccc3)cc2C(=O)N2CCC(C(=O)Nc3nncs3)CC2)o1. The number of amides is 2. The van der Waals surface area contributed by atoms with Gasteiger partial charge < -0.3 is 14.6 Å². The molecule has 1 saturated heterocycles. The van der Waals surface area contributed by atoms with Crippen molar-refractivity contribution in [2.45, 2.75) is 19.8 Å². The van der Waals surface area contributed by atoms with Crippen LogP contribution in [0.3, 0.4) is 0 Å². The van der Waals surface area contributed by atoms with Crippen LogP contribution in [0.1, 0.15) is 29.0 Å². The van der Waals surface area contributed by atoms with Crippen LogP contribution in [-0.4, -0.2) is 49.8 Å². The number of anilines is 1. The van der Waals surface area contributed by atoms with E-state index in [9.17, 15) is 9.59 Å². The molecule has 0 unspecified atom stereocenters. The van der Waals surface area contributed by atoms with E-state index >= 15 is 0 Å². The van der Waals surface area contributed by atoms with Gasteiger partial charge in [-0.15, -0.1) is 10.2 Å². The van der Waals surface area contributed by atoms with E-state index in [4.69, 9.17) is 4.42 Å². The topological polar surface area (TPSA) is 106 Å². The molecule has 0 atom stereocenters. The lowest BCUT2D eigenvalue weighted by Crippen LogP contribution is -2.41. The van der Waals surface area contributed by atoms with Gasteiger partial charge in [0.1, 0.15) is 17.0 Å². The summed E-state index contributed by atoms with van der Waals surface area (Å²) in [5.41, 5.74) is 3.41. The highest BCUT2D eigenvalue weighted by atomic mass is 32.1.